The fraction of sp³-hybridized carbons (Fsp3) is 1.00. The van der Waals surface area contributed by atoms with Gasteiger partial charge in [0, 0.05) is 0 Å². The third-order valence-electron chi connectivity index (χ3n) is 2.11. The summed E-state index contributed by atoms with van der Waals surface area (Å²) in [4.78, 5) is 0. The molecule has 2 N–H and O–H groups in total. The second-order valence-corrected chi connectivity index (χ2v) is 2.77. The second kappa shape index (κ2) is 3.18. The van der Waals surface area contributed by atoms with Crippen LogP contribution in [-0.4, -0.2) is 19.1 Å². The van der Waals surface area contributed by atoms with E-state index in [9.17, 15) is 0 Å². The lowest BCUT2D eigenvalue weighted by molar-refractivity contribution is 0.412. The second-order valence-electron chi connectivity index (χ2n) is 2.77. The molecule has 0 spiro atoms. The van der Waals surface area contributed by atoms with Crippen LogP contribution in [0.25, 0.3) is 5.32 Å². The molecular formula is C7H15N2-. The summed E-state index contributed by atoms with van der Waals surface area (Å²) in [5.41, 5.74) is 5.80. The van der Waals surface area contributed by atoms with Crippen LogP contribution in [0, 0.1) is 0 Å². The first-order valence-corrected chi connectivity index (χ1v) is 3.69. The Hall–Kier alpha value is -0.0800. The minimum Gasteiger partial charge on any atom is -0.661 e. The van der Waals surface area contributed by atoms with Gasteiger partial charge >= 0.3 is 0 Å². The molecule has 0 aliphatic heterocycles. The number of likely N-dealkylation sites (N-methyl/N-ethyl adjacent to an activating group) is 1. The third-order valence-corrected chi connectivity index (χ3v) is 2.11. The molecule has 1 aliphatic rings. The van der Waals surface area contributed by atoms with Gasteiger partial charge in [-0.1, -0.05) is 19.3 Å². The van der Waals surface area contributed by atoms with Gasteiger partial charge in [0.1, 0.15) is 0 Å². The van der Waals surface area contributed by atoms with Gasteiger partial charge in [0.25, 0.3) is 0 Å². The minimum absolute atomic E-state index is 0.351. The molecule has 0 amide bonds. The van der Waals surface area contributed by atoms with Gasteiger partial charge in [-0.25, -0.2) is 0 Å². The molecule has 1 saturated carbocycles. The van der Waals surface area contributed by atoms with Gasteiger partial charge in [0.2, 0.25) is 0 Å². The predicted octanol–water partition coefficient (Wildman–Crippen LogP) is 1.26. The summed E-state index contributed by atoms with van der Waals surface area (Å²) >= 11 is 0. The van der Waals surface area contributed by atoms with Gasteiger partial charge in [-0.15, -0.1) is 6.04 Å². The van der Waals surface area contributed by atoms with Crippen molar-refractivity contribution in [3.63, 3.8) is 0 Å². The maximum atomic E-state index is 5.80. The van der Waals surface area contributed by atoms with Crippen LogP contribution >= 0.6 is 0 Å². The van der Waals surface area contributed by atoms with Gasteiger partial charge in [-0.05, 0) is 12.5 Å². The monoisotopic (exact) mass is 127 g/mol. The SMILES string of the molecule is C[N-]C1CCCCC1N. The van der Waals surface area contributed by atoms with Crippen molar-refractivity contribution in [3.8, 4) is 0 Å². The summed E-state index contributed by atoms with van der Waals surface area (Å²) in [5, 5.41) is 4.20. The smallest absolute Gasteiger partial charge is 0.0121 e. The van der Waals surface area contributed by atoms with Gasteiger partial charge in [-0.3, -0.25) is 0 Å². The Morgan fingerprint density at radius 1 is 1.33 bits per heavy atom. The van der Waals surface area contributed by atoms with Crippen molar-refractivity contribution in [1.82, 2.24) is 0 Å². The molecule has 1 rings (SSSR count). The summed E-state index contributed by atoms with van der Waals surface area (Å²) in [7, 11) is 1.87. The normalized spacial score (nSPS) is 36.7. The molecule has 0 saturated heterocycles. The van der Waals surface area contributed by atoms with Crippen LogP contribution in [0.15, 0.2) is 0 Å². The van der Waals surface area contributed by atoms with Crippen molar-refractivity contribution in [3.05, 3.63) is 5.32 Å². The van der Waals surface area contributed by atoms with Crippen molar-refractivity contribution < 1.29 is 0 Å². The van der Waals surface area contributed by atoms with E-state index in [0.29, 0.717) is 12.1 Å². The summed E-state index contributed by atoms with van der Waals surface area (Å²) in [6.07, 6.45) is 4.99. The van der Waals surface area contributed by atoms with Crippen LogP contribution in [0.2, 0.25) is 0 Å². The summed E-state index contributed by atoms with van der Waals surface area (Å²) in [6.45, 7) is 0. The van der Waals surface area contributed by atoms with E-state index in [1.807, 2.05) is 7.05 Å². The fourth-order valence-electron chi connectivity index (χ4n) is 1.46. The van der Waals surface area contributed by atoms with Crippen LogP contribution in [0.4, 0.5) is 0 Å². The molecule has 2 heteroatoms. The first-order chi connectivity index (χ1) is 4.34. The topological polar surface area (TPSA) is 40.1 Å². The molecule has 2 unspecified atom stereocenters. The molecule has 0 heterocycles. The number of nitrogens with zero attached hydrogens (tertiary/aromatic N) is 1. The standard InChI is InChI=1S/C7H15N2/c1-9-7-5-3-2-4-6(7)8/h6-7H,2-5,8H2,1H3/q-1. The maximum absolute atomic E-state index is 5.80. The molecule has 2 atom stereocenters. The lowest BCUT2D eigenvalue weighted by atomic mass is 9.91. The highest BCUT2D eigenvalue weighted by atomic mass is 14.9. The number of nitrogens with two attached hydrogens (primary N) is 1. The molecule has 0 aromatic heterocycles. The molecule has 1 aliphatic carbocycles. The molecule has 1 fully saturated rings. The van der Waals surface area contributed by atoms with Crippen LogP contribution in [0.5, 0.6) is 0 Å². The Labute approximate surface area is 56.8 Å². The molecular weight excluding hydrogens is 112 g/mol. The van der Waals surface area contributed by atoms with Gasteiger partial charge in [-0.2, -0.15) is 7.05 Å². The van der Waals surface area contributed by atoms with E-state index < -0.39 is 0 Å². The van der Waals surface area contributed by atoms with E-state index in [-0.39, 0.29) is 0 Å². The highest BCUT2D eigenvalue weighted by Gasteiger charge is 2.12. The Morgan fingerprint density at radius 3 is 2.44 bits per heavy atom. The van der Waals surface area contributed by atoms with Crippen LogP contribution in [-0.2, 0) is 0 Å². The van der Waals surface area contributed by atoms with E-state index in [2.05, 4.69) is 5.32 Å². The van der Waals surface area contributed by atoms with Gasteiger partial charge < -0.3 is 11.1 Å². The zero-order valence-corrected chi connectivity index (χ0v) is 6.01. The quantitative estimate of drug-likeness (QED) is 0.566. The molecule has 0 aromatic rings. The molecule has 9 heavy (non-hydrogen) atoms. The van der Waals surface area contributed by atoms with Crippen molar-refractivity contribution in [2.45, 2.75) is 37.8 Å². The Morgan fingerprint density at radius 2 is 2.00 bits per heavy atom. The number of hydrogen-bond donors (Lipinski definition) is 1. The summed E-state index contributed by atoms with van der Waals surface area (Å²) in [5.74, 6) is 0. The molecule has 0 aromatic carbocycles. The van der Waals surface area contributed by atoms with Crippen LogP contribution < -0.4 is 5.73 Å². The van der Waals surface area contributed by atoms with E-state index in [4.69, 9.17) is 5.73 Å². The van der Waals surface area contributed by atoms with Crippen molar-refractivity contribution in [2.24, 2.45) is 5.73 Å². The summed E-state index contributed by atoms with van der Waals surface area (Å²) in [6, 6.07) is 0.808. The first-order valence-electron chi connectivity index (χ1n) is 3.69. The molecule has 0 radical (unpaired) electrons. The number of hydrogen-bond acceptors (Lipinski definition) is 1. The van der Waals surface area contributed by atoms with Crippen molar-refractivity contribution >= 4 is 0 Å². The zero-order valence-electron chi connectivity index (χ0n) is 6.01. The van der Waals surface area contributed by atoms with E-state index in [1.54, 1.807) is 0 Å². The predicted molar refractivity (Wildman–Crippen MR) is 39.5 cm³/mol. The Balaban J connectivity index is 2.30. The first kappa shape index (κ1) is 7.03. The fourth-order valence-corrected chi connectivity index (χ4v) is 1.46. The number of rotatable bonds is 1. The molecule has 54 valence electrons. The third kappa shape index (κ3) is 1.66. The van der Waals surface area contributed by atoms with Gasteiger partial charge in [0.05, 0.1) is 0 Å². The average Bonchev–Trinajstić information content (AvgIpc) is 1.89. The lowest BCUT2D eigenvalue weighted by Crippen LogP contribution is -2.36. The Kier molecular flexibility index (Phi) is 2.49. The summed E-state index contributed by atoms with van der Waals surface area (Å²) < 4.78 is 0. The van der Waals surface area contributed by atoms with Crippen LogP contribution in [0.1, 0.15) is 25.7 Å². The molecule has 2 nitrogen and oxygen atoms in total. The maximum Gasteiger partial charge on any atom is -0.0121 e. The highest BCUT2D eigenvalue weighted by Crippen LogP contribution is 2.20. The average molecular weight is 127 g/mol. The zero-order chi connectivity index (χ0) is 6.69. The van der Waals surface area contributed by atoms with Crippen molar-refractivity contribution in [2.75, 3.05) is 7.05 Å². The highest BCUT2D eigenvalue weighted by molar-refractivity contribution is 4.96. The van der Waals surface area contributed by atoms with E-state index in [1.165, 1.54) is 25.7 Å². The van der Waals surface area contributed by atoms with Crippen molar-refractivity contribution in [1.29, 1.82) is 0 Å². The van der Waals surface area contributed by atoms with E-state index >= 15 is 0 Å². The minimum atomic E-state index is 0.351. The Bertz CT molecular complexity index is 83.0. The van der Waals surface area contributed by atoms with Crippen LogP contribution in [0.3, 0.4) is 0 Å². The van der Waals surface area contributed by atoms with E-state index in [0.717, 1.165) is 0 Å². The molecule has 0 bridgehead atoms. The van der Waals surface area contributed by atoms with Gasteiger partial charge in [0.15, 0.2) is 0 Å². The lowest BCUT2D eigenvalue weighted by Gasteiger charge is -2.37. The largest absolute Gasteiger partial charge is 0.661 e.